The van der Waals surface area contributed by atoms with Crippen molar-refractivity contribution < 1.29 is 29.3 Å². The van der Waals surface area contributed by atoms with E-state index < -0.39 is 6.29 Å². The van der Waals surface area contributed by atoms with Crippen LogP contribution >= 0.6 is 0 Å². The third-order valence-corrected chi connectivity index (χ3v) is 7.73. The summed E-state index contributed by atoms with van der Waals surface area (Å²) >= 11 is 0. The SMILES string of the molecule is CC(=O)NCCCCCC(=O)Nc1ccc([C@H]2O[C@@H](CN3CC[C@H](O)C3)[C@@H](C)[C@@H](c3ccc(CO)cc3)O2)cc1. The minimum absolute atomic E-state index is 0.00546. The van der Waals surface area contributed by atoms with E-state index in [2.05, 4.69) is 22.5 Å². The number of hydrogen-bond donors (Lipinski definition) is 4. The normalized spacial score (nSPS) is 25.1. The number of nitrogens with zero attached hydrogens (tertiary/aromatic N) is 1. The number of carbonyl (C=O) groups is 2. The minimum atomic E-state index is -0.579. The highest BCUT2D eigenvalue weighted by molar-refractivity contribution is 5.90. The van der Waals surface area contributed by atoms with E-state index in [9.17, 15) is 19.8 Å². The molecule has 2 heterocycles. The second-order valence-corrected chi connectivity index (χ2v) is 11.0. The van der Waals surface area contributed by atoms with Crippen molar-refractivity contribution in [2.24, 2.45) is 5.92 Å². The summed E-state index contributed by atoms with van der Waals surface area (Å²) in [6.07, 6.45) is 2.53. The van der Waals surface area contributed by atoms with Gasteiger partial charge in [-0.2, -0.15) is 0 Å². The lowest BCUT2D eigenvalue weighted by atomic mass is 9.90. The summed E-state index contributed by atoms with van der Waals surface area (Å²) < 4.78 is 13.0. The number of benzene rings is 2. The van der Waals surface area contributed by atoms with Crippen molar-refractivity contribution in [2.45, 2.75) is 77.2 Å². The van der Waals surface area contributed by atoms with Gasteiger partial charge in [0, 0.05) is 56.7 Å². The molecule has 40 heavy (non-hydrogen) atoms. The number of nitrogens with one attached hydrogen (secondary N) is 2. The first-order chi connectivity index (χ1) is 19.3. The second kappa shape index (κ2) is 14.7. The highest BCUT2D eigenvalue weighted by atomic mass is 16.7. The molecule has 2 aliphatic heterocycles. The van der Waals surface area contributed by atoms with E-state index in [1.165, 1.54) is 6.92 Å². The van der Waals surface area contributed by atoms with E-state index in [0.29, 0.717) is 26.1 Å². The molecule has 0 saturated carbocycles. The van der Waals surface area contributed by atoms with Crippen LogP contribution in [0.25, 0.3) is 0 Å². The molecule has 4 rings (SSSR count). The van der Waals surface area contributed by atoms with E-state index in [1.807, 2.05) is 48.5 Å². The molecule has 0 aromatic heterocycles. The van der Waals surface area contributed by atoms with Gasteiger partial charge in [-0.05, 0) is 42.5 Å². The van der Waals surface area contributed by atoms with E-state index in [-0.39, 0.29) is 42.7 Å². The molecule has 0 bridgehead atoms. The molecule has 0 unspecified atom stereocenters. The Morgan fingerprint density at radius 3 is 2.38 bits per heavy atom. The number of likely N-dealkylation sites (tertiary alicyclic amines) is 1. The van der Waals surface area contributed by atoms with Gasteiger partial charge in [0.15, 0.2) is 6.29 Å². The van der Waals surface area contributed by atoms with Crippen molar-refractivity contribution in [1.29, 1.82) is 0 Å². The van der Waals surface area contributed by atoms with Gasteiger partial charge in [-0.3, -0.25) is 14.5 Å². The van der Waals surface area contributed by atoms with Gasteiger partial charge in [-0.1, -0.05) is 49.7 Å². The van der Waals surface area contributed by atoms with E-state index in [1.54, 1.807) is 0 Å². The zero-order chi connectivity index (χ0) is 28.5. The molecular weight excluding hydrogens is 510 g/mol. The van der Waals surface area contributed by atoms with Crippen LogP contribution in [0.5, 0.6) is 0 Å². The predicted octanol–water partition coefficient (Wildman–Crippen LogP) is 3.67. The highest BCUT2D eigenvalue weighted by Gasteiger charge is 2.39. The van der Waals surface area contributed by atoms with Crippen LogP contribution < -0.4 is 10.6 Å². The van der Waals surface area contributed by atoms with Crippen molar-refractivity contribution in [1.82, 2.24) is 10.2 Å². The lowest BCUT2D eigenvalue weighted by Crippen LogP contribution is -2.44. The van der Waals surface area contributed by atoms with Crippen molar-refractivity contribution in [3.05, 3.63) is 65.2 Å². The third kappa shape index (κ3) is 8.59. The van der Waals surface area contributed by atoms with Crippen molar-refractivity contribution >= 4 is 17.5 Å². The number of amides is 2. The zero-order valence-corrected chi connectivity index (χ0v) is 23.6. The Labute approximate surface area is 236 Å². The Morgan fingerprint density at radius 2 is 1.73 bits per heavy atom. The van der Waals surface area contributed by atoms with Gasteiger partial charge in [-0.25, -0.2) is 0 Å². The van der Waals surface area contributed by atoms with Crippen LogP contribution in [0.4, 0.5) is 5.69 Å². The molecule has 4 N–H and O–H groups in total. The van der Waals surface area contributed by atoms with E-state index in [0.717, 1.165) is 54.6 Å². The van der Waals surface area contributed by atoms with Gasteiger partial charge in [-0.15, -0.1) is 0 Å². The zero-order valence-electron chi connectivity index (χ0n) is 23.6. The molecule has 9 heteroatoms. The van der Waals surface area contributed by atoms with Gasteiger partial charge < -0.3 is 30.3 Å². The summed E-state index contributed by atoms with van der Waals surface area (Å²) in [6.45, 7) is 6.47. The lowest BCUT2D eigenvalue weighted by molar-refractivity contribution is -0.276. The molecular formula is C31H43N3O6. The molecule has 2 aromatic carbocycles. The fourth-order valence-electron chi connectivity index (χ4n) is 5.36. The molecule has 2 fully saturated rings. The Hall–Kier alpha value is -2.82. The summed E-state index contributed by atoms with van der Waals surface area (Å²) in [6, 6.07) is 15.4. The van der Waals surface area contributed by atoms with Crippen molar-refractivity contribution in [2.75, 3.05) is 31.5 Å². The number of carbonyl (C=O) groups excluding carboxylic acids is 2. The van der Waals surface area contributed by atoms with Crippen LogP contribution in [-0.2, 0) is 25.7 Å². The van der Waals surface area contributed by atoms with E-state index in [4.69, 9.17) is 9.47 Å². The first-order valence-corrected chi connectivity index (χ1v) is 14.4. The Balaban J connectivity index is 1.38. The Morgan fingerprint density at radius 1 is 1.00 bits per heavy atom. The number of hydrogen-bond acceptors (Lipinski definition) is 7. The first-order valence-electron chi connectivity index (χ1n) is 14.4. The summed E-state index contributed by atoms with van der Waals surface area (Å²) in [7, 11) is 0. The van der Waals surface area contributed by atoms with Gasteiger partial charge in [0.05, 0.1) is 24.9 Å². The number of β-amino-alcohol motifs (C(OH)–C–C–N with tert-alkyl or cyclic N) is 1. The van der Waals surface area contributed by atoms with Crippen molar-refractivity contribution in [3.8, 4) is 0 Å². The maximum Gasteiger partial charge on any atom is 0.224 e. The van der Waals surface area contributed by atoms with Crippen LogP contribution in [0.2, 0.25) is 0 Å². The molecule has 218 valence electrons. The third-order valence-electron chi connectivity index (χ3n) is 7.73. The summed E-state index contributed by atoms with van der Waals surface area (Å²) in [4.78, 5) is 25.6. The van der Waals surface area contributed by atoms with Crippen LogP contribution in [-0.4, -0.2) is 65.3 Å². The summed E-state index contributed by atoms with van der Waals surface area (Å²) in [5, 5.41) is 25.2. The number of aliphatic hydroxyl groups is 2. The molecule has 0 radical (unpaired) electrons. The standard InChI is InChI=1S/C31H43N3O6/c1-21-28(19-34-17-15-27(37)18-34)39-31(40-30(21)24-9-7-23(20-35)8-10-24)25-11-13-26(14-12-25)33-29(38)6-4-3-5-16-32-22(2)36/h7-14,21,27-28,30-31,35,37H,3-6,15-20H2,1-2H3,(H,32,36)(H,33,38)/t21-,27+,28+,30+,31+/m1/s1. The monoisotopic (exact) mass is 553 g/mol. The number of anilines is 1. The molecule has 9 nitrogen and oxygen atoms in total. The number of aliphatic hydroxyl groups excluding tert-OH is 2. The highest BCUT2D eigenvalue weighted by Crippen LogP contribution is 2.42. The quantitative estimate of drug-likeness (QED) is 0.296. The maximum absolute atomic E-state index is 12.4. The molecule has 2 saturated heterocycles. The summed E-state index contributed by atoms with van der Waals surface area (Å²) in [5.74, 6) is 0.00481. The van der Waals surface area contributed by atoms with Crippen LogP contribution in [0.3, 0.4) is 0 Å². The predicted molar refractivity (Wildman–Crippen MR) is 152 cm³/mol. The molecule has 2 aliphatic rings. The molecule has 2 amide bonds. The molecule has 2 aromatic rings. The van der Waals surface area contributed by atoms with Gasteiger partial charge in [0.2, 0.25) is 11.8 Å². The van der Waals surface area contributed by atoms with E-state index >= 15 is 0 Å². The average molecular weight is 554 g/mol. The molecule has 0 aliphatic carbocycles. The lowest BCUT2D eigenvalue weighted by Gasteiger charge is -2.42. The van der Waals surface area contributed by atoms with Gasteiger partial charge in [0.25, 0.3) is 0 Å². The fraction of sp³-hybridized carbons (Fsp3) is 0.548. The number of rotatable bonds is 12. The summed E-state index contributed by atoms with van der Waals surface area (Å²) in [5.41, 5.74) is 3.47. The van der Waals surface area contributed by atoms with Crippen LogP contribution in [0.15, 0.2) is 48.5 Å². The number of ether oxygens (including phenoxy) is 2. The first kappa shape index (κ1) is 30.1. The van der Waals surface area contributed by atoms with Crippen LogP contribution in [0, 0.1) is 5.92 Å². The smallest absolute Gasteiger partial charge is 0.224 e. The Kier molecular flexibility index (Phi) is 11.1. The fourth-order valence-corrected chi connectivity index (χ4v) is 5.36. The van der Waals surface area contributed by atoms with Crippen LogP contribution in [0.1, 0.15) is 75.0 Å². The second-order valence-electron chi connectivity index (χ2n) is 11.0. The largest absolute Gasteiger partial charge is 0.392 e. The molecule has 5 atom stereocenters. The minimum Gasteiger partial charge on any atom is -0.392 e. The maximum atomic E-state index is 12.4. The van der Waals surface area contributed by atoms with Crippen molar-refractivity contribution in [3.63, 3.8) is 0 Å². The van der Waals surface area contributed by atoms with Gasteiger partial charge in [0.1, 0.15) is 0 Å². The molecule has 0 spiro atoms. The average Bonchev–Trinajstić information content (AvgIpc) is 3.36. The number of unbranched alkanes of at least 4 members (excludes halogenated alkanes) is 2. The Bertz CT molecular complexity index is 1090. The topological polar surface area (TPSA) is 120 Å². The van der Waals surface area contributed by atoms with Gasteiger partial charge >= 0.3 is 0 Å².